The van der Waals surface area contributed by atoms with E-state index in [0.717, 1.165) is 18.7 Å². The van der Waals surface area contributed by atoms with E-state index < -0.39 is 5.97 Å². The standard InChI is InChI=1S/C16H25NO3/c1-4-6-13(2)17(3)11-5-12-20-15-9-7-14(8-10-15)16(18)19/h7-10,13H,4-6,11-12H2,1-3H3,(H,18,19). The molecule has 20 heavy (non-hydrogen) atoms. The normalized spacial score (nSPS) is 12.4. The molecular formula is C16H25NO3. The van der Waals surface area contributed by atoms with Crippen LogP contribution in [0.1, 0.15) is 43.5 Å². The fourth-order valence-electron chi connectivity index (χ4n) is 2.06. The van der Waals surface area contributed by atoms with Crippen LogP contribution in [0, 0.1) is 0 Å². The first-order valence-corrected chi connectivity index (χ1v) is 7.21. The van der Waals surface area contributed by atoms with Gasteiger partial charge in [0, 0.05) is 12.6 Å². The number of carbonyl (C=O) groups is 1. The Hall–Kier alpha value is -1.55. The predicted octanol–water partition coefficient (Wildman–Crippen LogP) is 3.27. The van der Waals surface area contributed by atoms with Crippen LogP contribution in [0.25, 0.3) is 0 Å². The van der Waals surface area contributed by atoms with Crippen LogP contribution >= 0.6 is 0 Å². The number of ether oxygens (including phenoxy) is 1. The van der Waals surface area contributed by atoms with Gasteiger partial charge >= 0.3 is 5.97 Å². The molecule has 1 aromatic carbocycles. The van der Waals surface area contributed by atoms with Gasteiger partial charge in [-0.2, -0.15) is 0 Å². The van der Waals surface area contributed by atoms with E-state index in [4.69, 9.17) is 9.84 Å². The first-order valence-electron chi connectivity index (χ1n) is 7.21. The quantitative estimate of drug-likeness (QED) is 0.705. The molecule has 0 heterocycles. The summed E-state index contributed by atoms with van der Waals surface area (Å²) in [6.45, 7) is 6.10. The summed E-state index contributed by atoms with van der Waals surface area (Å²) in [4.78, 5) is 13.1. The molecule has 4 nitrogen and oxygen atoms in total. The van der Waals surface area contributed by atoms with E-state index in [1.807, 2.05) is 0 Å². The topological polar surface area (TPSA) is 49.8 Å². The lowest BCUT2D eigenvalue weighted by atomic mass is 10.2. The minimum Gasteiger partial charge on any atom is -0.494 e. The number of aromatic carboxylic acids is 1. The summed E-state index contributed by atoms with van der Waals surface area (Å²) in [5.74, 6) is -0.192. The Balaban J connectivity index is 2.25. The minimum absolute atomic E-state index is 0.283. The molecule has 0 saturated heterocycles. The molecule has 0 aliphatic rings. The van der Waals surface area contributed by atoms with E-state index in [9.17, 15) is 4.79 Å². The third-order valence-corrected chi connectivity index (χ3v) is 3.48. The summed E-state index contributed by atoms with van der Waals surface area (Å²) < 4.78 is 5.61. The van der Waals surface area contributed by atoms with Gasteiger partial charge in [0.1, 0.15) is 5.75 Å². The lowest BCUT2D eigenvalue weighted by Crippen LogP contribution is -2.30. The molecular weight excluding hydrogens is 254 g/mol. The number of carboxylic acids is 1. The van der Waals surface area contributed by atoms with Crippen molar-refractivity contribution in [1.82, 2.24) is 4.90 Å². The average Bonchev–Trinajstić information content (AvgIpc) is 2.44. The number of nitrogens with zero attached hydrogens (tertiary/aromatic N) is 1. The van der Waals surface area contributed by atoms with Crippen LogP contribution in [-0.4, -0.2) is 42.2 Å². The van der Waals surface area contributed by atoms with Crippen LogP contribution in [0.3, 0.4) is 0 Å². The zero-order chi connectivity index (χ0) is 15.0. The van der Waals surface area contributed by atoms with Crippen molar-refractivity contribution in [3.05, 3.63) is 29.8 Å². The van der Waals surface area contributed by atoms with Gasteiger partial charge in [0.15, 0.2) is 0 Å². The maximum Gasteiger partial charge on any atom is 0.335 e. The van der Waals surface area contributed by atoms with Crippen LogP contribution in [0.4, 0.5) is 0 Å². The molecule has 0 saturated carbocycles. The monoisotopic (exact) mass is 279 g/mol. The van der Waals surface area contributed by atoms with Crippen LogP contribution < -0.4 is 4.74 Å². The van der Waals surface area contributed by atoms with Crippen molar-refractivity contribution in [2.75, 3.05) is 20.2 Å². The SMILES string of the molecule is CCCC(C)N(C)CCCOc1ccc(C(=O)O)cc1. The van der Waals surface area contributed by atoms with Crippen LogP contribution in [-0.2, 0) is 0 Å². The van der Waals surface area contributed by atoms with Gasteiger partial charge < -0.3 is 14.7 Å². The Morgan fingerprint density at radius 3 is 2.55 bits per heavy atom. The predicted molar refractivity (Wildman–Crippen MR) is 80.5 cm³/mol. The van der Waals surface area contributed by atoms with Crippen molar-refractivity contribution in [2.45, 2.75) is 39.2 Å². The molecule has 0 amide bonds. The third-order valence-electron chi connectivity index (χ3n) is 3.48. The number of rotatable bonds is 9. The van der Waals surface area contributed by atoms with Crippen LogP contribution in [0.5, 0.6) is 5.75 Å². The lowest BCUT2D eigenvalue weighted by molar-refractivity contribution is 0.0697. The minimum atomic E-state index is -0.914. The third kappa shape index (κ3) is 5.61. The maximum atomic E-state index is 10.7. The molecule has 0 aliphatic carbocycles. The largest absolute Gasteiger partial charge is 0.494 e. The van der Waals surface area contributed by atoms with Gasteiger partial charge in [-0.15, -0.1) is 0 Å². The van der Waals surface area contributed by atoms with E-state index in [1.54, 1.807) is 24.3 Å². The van der Waals surface area contributed by atoms with Crippen molar-refractivity contribution < 1.29 is 14.6 Å². The summed E-state index contributed by atoms with van der Waals surface area (Å²) in [5, 5.41) is 8.80. The van der Waals surface area contributed by atoms with E-state index in [-0.39, 0.29) is 5.56 Å². The van der Waals surface area contributed by atoms with Crippen molar-refractivity contribution >= 4 is 5.97 Å². The summed E-state index contributed by atoms with van der Waals surface area (Å²) >= 11 is 0. The average molecular weight is 279 g/mol. The summed E-state index contributed by atoms with van der Waals surface area (Å²) in [5.41, 5.74) is 0.283. The number of benzene rings is 1. The fourth-order valence-corrected chi connectivity index (χ4v) is 2.06. The first kappa shape index (κ1) is 16.5. The van der Waals surface area contributed by atoms with Gasteiger partial charge in [-0.05, 0) is 51.1 Å². The highest BCUT2D eigenvalue weighted by atomic mass is 16.5. The Kier molecular flexibility index (Phi) is 7.09. The van der Waals surface area contributed by atoms with Gasteiger partial charge in [0.25, 0.3) is 0 Å². The van der Waals surface area contributed by atoms with Crippen molar-refractivity contribution in [1.29, 1.82) is 0 Å². The van der Waals surface area contributed by atoms with Gasteiger partial charge in [0.2, 0.25) is 0 Å². The van der Waals surface area contributed by atoms with Crippen molar-refractivity contribution in [3.63, 3.8) is 0 Å². The van der Waals surface area contributed by atoms with Crippen LogP contribution in [0.15, 0.2) is 24.3 Å². The Morgan fingerprint density at radius 1 is 1.35 bits per heavy atom. The summed E-state index contributed by atoms with van der Waals surface area (Å²) in [7, 11) is 2.14. The highest BCUT2D eigenvalue weighted by Crippen LogP contribution is 2.12. The molecule has 112 valence electrons. The maximum absolute atomic E-state index is 10.7. The van der Waals surface area contributed by atoms with Gasteiger partial charge in [0.05, 0.1) is 12.2 Å². The molecule has 1 rings (SSSR count). The second-order valence-corrected chi connectivity index (χ2v) is 5.15. The first-order chi connectivity index (χ1) is 9.54. The van der Waals surface area contributed by atoms with E-state index >= 15 is 0 Å². The molecule has 1 unspecified atom stereocenters. The Bertz CT molecular complexity index is 403. The highest BCUT2D eigenvalue weighted by molar-refractivity contribution is 5.87. The van der Waals surface area contributed by atoms with Gasteiger partial charge in [-0.3, -0.25) is 0 Å². The van der Waals surface area contributed by atoms with Crippen molar-refractivity contribution in [3.8, 4) is 5.75 Å². The molecule has 0 aromatic heterocycles. The molecule has 0 bridgehead atoms. The Morgan fingerprint density at radius 2 is 2.00 bits per heavy atom. The molecule has 1 atom stereocenters. The lowest BCUT2D eigenvalue weighted by Gasteiger charge is -2.24. The molecule has 0 radical (unpaired) electrons. The summed E-state index contributed by atoms with van der Waals surface area (Å²) in [6.07, 6.45) is 3.39. The second kappa shape index (κ2) is 8.59. The van der Waals surface area contributed by atoms with E-state index in [1.165, 1.54) is 12.8 Å². The molecule has 4 heteroatoms. The summed E-state index contributed by atoms with van der Waals surface area (Å²) in [6, 6.07) is 7.13. The van der Waals surface area contributed by atoms with Crippen LogP contribution in [0.2, 0.25) is 0 Å². The zero-order valence-electron chi connectivity index (χ0n) is 12.6. The number of hydrogen-bond donors (Lipinski definition) is 1. The second-order valence-electron chi connectivity index (χ2n) is 5.15. The molecule has 0 fully saturated rings. The molecule has 0 spiro atoms. The smallest absolute Gasteiger partial charge is 0.335 e. The van der Waals surface area contributed by atoms with Crippen molar-refractivity contribution in [2.24, 2.45) is 0 Å². The highest BCUT2D eigenvalue weighted by Gasteiger charge is 2.07. The zero-order valence-corrected chi connectivity index (χ0v) is 12.6. The Labute approximate surface area is 121 Å². The van der Waals surface area contributed by atoms with Gasteiger partial charge in [-0.25, -0.2) is 4.79 Å². The molecule has 1 aromatic rings. The number of carboxylic acid groups (broad SMARTS) is 1. The van der Waals surface area contributed by atoms with Gasteiger partial charge in [-0.1, -0.05) is 13.3 Å². The number of hydrogen-bond acceptors (Lipinski definition) is 3. The fraction of sp³-hybridized carbons (Fsp3) is 0.562. The van der Waals surface area contributed by atoms with E-state index in [2.05, 4.69) is 25.8 Å². The van der Waals surface area contributed by atoms with E-state index in [0.29, 0.717) is 12.6 Å². The molecule has 0 aliphatic heterocycles. The molecule has 1 N–H and O–H groups in total.